The van der Waals surface area contributed by atoms with Gasteiger partial charge in [-0.2, -0.15) is 0 Å². The highest BCUT2D eigenvalue weighted by atomic mass is 127. The second-order valence-electron chi connectivity index (χ2n) is 3.85. The fourth-order valence-corrected chi connectivity index (χ4v) is 3.33. The highest BCUT2D eigenvalue weighted by Crippen LogP contribution is 2.18. The van der Waals surface area contributed by atoms with E-state index in [1.54, 1.807) is 16.8 Å². The van der Waals surface area contributed by atoms with Crippen molar-refractivity contribution in [2.45, 2.75) is 0 Å². The van der Waals surface area contributed by atoms with Gasteiger partial charge in [0.2, 0.25) is 0 Å². The van der Waals surface area contributed by atoms with Crippen LogP contribution in [0.25, 0.3) is 11.2 Å². The van der Waals surface area contributed by atoms with Gasteiger partial charge < -0.3 is 0 Å². The Kier molecular flexibility index (Phi) is 3.56. The van der Waals surface area contributed by atoms with E-state index in [1.165, 1.54) is 4.52 Å². The third-order valence-corrected chi connectivity index (χ3v) is 4.34. The Morgan fingerprint density at radius 2 is 2.00 bits per heavy atom. The molecule has 96 valence electrons. The van der Waals surface area contributed by atoms with Crippen LogP contribution >= 0.6 is 56.8 Å². The van der Waals surface area contributed by atoms with Gasteiger partial charge in [0.1, 0.15) is 5.52 Å². The maximum absolute atomic E-state index is 12.6. The Morgan fingerprint density at radius 3 is 2.74 bits per heavy atom. The van der Waals surface area contributed by atoms with Crippen molar-refractivity contribution in [1.29, 1.82) is 0 Å². The van der Waals surface area contributed by atoms with Crippen LogP contribution in [0.15, 0.2) is 41.3 Å². The van der Waals surface area contributed by atoms with E-state index in [0.717, 1.165) is 9.26 Å². The molecule has 0 aliphatic carbocycles. The molecule has 0 saturated heterocycles. The van der Waals surface area contributed by atoms with Crippen LogP contribution in [0.2, 0.25) is 5.02 Å². The molecule has 0 fully saturated rings. The number of aromatic nitrogens is 3. The van der Waals surface area contributed by atoms with Gasteiger partial charge in [0.15, 0.2) is 3.83 Å². The summed E-state index contributed by atoms with van der Waals surface area (Å²) in [7, 11) is 0. The lowest BCUT2D eigenvalue weighted by atomic mass is 10.3. The zero-order valence-corrected chi connectivity index (χ0v) is 14.4. The van der Waals surface area contributed by atoms with Crippen molar-refractivity contribution in [1.82, 2.24) is 14.2 Å². The Hall–Kier alpha value is -0.610. The van der Waals surface area contributed by atoms with Gasteiger partial charge in [-0.3, -0.25) is 9.36 Å². The molecule has 0 saturated carbocycles. The van der Waals surface area contributed by atoms with Gasteiger partial charge in [0.25, 0.3) is 5.56 Å². The number of nitrogens with zero attached hydrogens (tertiary/aromatic N) is 3. The summed E-state index contributed by atoms with van der Waals surface area (Å²) in [6.07, 6.45) is 1.68. The third-order valence-electron chi connectivity index (χ3n) is 2.66. The lowest BCUT2D eigenvalue weighted by molar-refractivity contribution is 0.791. The molecule has 0 aliphatic heterocycles. The fourth-order valence-electron chi connectivity index (χ4n) is 1.84. The molecule has 0 radical (unpaired) electrons. The second-order valence-corrected chi connectivity index (χ2v) is 6.46. The first kappa shape index (κ1) is 13.4. The van der Waals surface area contributed by atoms with E-state index in [-0.39, 0.29) is 5.56 Å². The van der Waals surface area contributed by atoms with Crippen molar-refractivity contribution in [2.24, 2.45) is 0 Å². The van der Waals surface area contributed by atoms with E-state index < -0.39 is 0 Å². The molecule has 7 heteroatoms. The molecule has 0 amide bonds. The van der Waals surface area contributed by atoms with Crippen molar-refractivity contribution in [3.8, 4) is 5.69 Å². The Bertz CT molecular complexity index is 841. The maximum atomic E-state index is 12.6. The van der Waals surface area contributed by atoms with Crippen LogP contribution in [0.5, 0.6) is 0 Å². The summed E-state index contributed by atoms with van der Waals surface area (Å²) in [6.45, 7) is 0. The zero-order valence-electron chi connectivity index (χ0n) is 9.35. The van der Waals surface area contributed by atoms with E-state index in [1.807, 2.05) is 46.9 Å². The monoisotopic (exact) mass is 497 g/mol. The van der Waals surface area contributed by atoms with Gasteiger partial charge in [-0.05, 0) is 46.9 Å². The normalized spacial score (nSPS) is 11.1. The topological polar surface area (TPSA) is 39.3 Å². The van der Waals surface area contributed by atoms with Crippen molar-refractivity contribution < 1.29 is 0 Å². The summed E-state index contributed by atoms with van der Waals surface area (Å²) in [5.41, 5.74) is 1.01. The summed E-state index contributed by atoms with van der Waals surface area (Å²) >= 11 is 10.3. The SMILES string of the molecule is O=c1c2c(Cl)ccn2nc(I)n1-c1cccc(I)c1. The molecular weight excluding hydrogens is 491 g/mol. The average molecular weight is 497 g/mol. The minimum absolute atomic E-state index is 0.170. The molecule has 0 atom stereocenters. The molecule has 19 heavy (non-hydrogen) atoms. The quantitative estimate of drug-likeness (QED) is 0.484. The Labute approximate surface area is 140 Å². The summed E-state index contributed by atoms with van der Waals surface area (Å²) < 4.78 is 4.71. The molecule has 0 N–H and O–H groups in total. The van der Waals surface area contributed by atoms with Crippen molar-refractivity contribution >= 4 is 62.3 Å². The minimum atomic E-state index is -0.170. The first-order valence-electron chi connectivity index (χ1n) is 5.29. The lowest BCUT2D eigenvalue weighted by Crippen LogP contribution is -2.25. The zero-order chi connectivity index (χ0) is 13.6. The molecule has 1 aromatic carbocycles. The first-order valence-corrected chi connectivity index (χ1v) is 7.83. The highest BCUT2D eigenvalue weighted by molar-refractivity contribution is 14.1. The van der Waals surface area contributed by atoms with Crippen LogP contribution in [-0.2, 0) is 0 Å². The number of rotatable bonds is 1. The molecule has 0 bridgehead atoms. The molecule has 0 unspecified atom stereocenters. The lowest BCUT2D eigenvalue weighted by Gasteiger charge is -2.09. The largest absolute Gasteiger partial charge is 0.284 e. The van der Waals surface area contributed by atoms with Gasteiger partial charge in [0, 0.05) is 32.4 Å². The van der Waals surface area contributed by atoms with E-state index >= 15 is 0 Å². The second kappa shape index (κ2) is 5.06. The number of hydrogen-bond donors (Lipinski definition) is 0. The predicted molar refractivity (Wildman–Crippen MR) is 91.2 cm³/mol. The van der Waals surface area contributed by atoms with Crippen LogP contribution in [0.4, 0.5) is 0 Å². The van der Waals surface area contributed by atoms with Crippen LogP contribution in [-0.4, -0.2) is 14.2 Å². The van der Waals surface area contributed by atoms with Crippen molar-refractivity contribution in [3.63, 3.8) is 0 Å². The minimum Gasteiger partial charge on any atom is -0.266 e. The van der Waals surface area contributed by atoms with Gasteiger partial charge >= 0.3 is 0 Å². The van der Waals surface area contributed by atoms with E-state index in [4.69, 9.17) is 11.6 Å². The van der Waals surface area contributed by atoms with Crippen LogP contribution in [0.1, 0.15) is 0 Å². The van der Waals surface area contributed by atoms with Crippen LogP contribution in [0, 0.1) is 7.40 Å². The summed E-state index contributed by atoms with van der Waals surface area (Å²) in [6, 6.07) is 9.35. The molecule has 2 heterocycles. The molecule has 3 rings (SSSR count). The van der Waals surface area contributed by atoms with Gasteiger partial charge in [0.05, 0.1) is 10.7 Å². The number of hydrogen-bond acceptors (Lipinski definition) is 2. The fraction of sp³-hybridized carbons (Fsp3) is 0. The third kappa shape index (κ3) is 2.29. The molecule has 0 spiro atoms. The summed E-state index contributed by atoms with van der Waals surface area (Å²) in [5.74, 6) is 0. The Morgan fingerprint density at radius 1 is 1.21 bits per heavy atom. The van der Waals surface area contributed by atoms with Crippen LogP contribution < -0.4 is 5.56 Å². The highest BCUT2D eigenvalue weighted by Gasteiger charge is 2.13. The standard InChI is InChI=1S/C12H6ClI2N3O/c13-9-4-5-17-10(9)11(19)18(12(15)16-17)8-3-1-2-7(14)6-8/h1-6H. The van der Waals surface area contributed by atoms with E-state index in [0.29, 0.717) is 14.4 Å². The number of fused-ring (bicyclic) bond motifs is 1. The molecule has 0 aliphatic rings. The summed E-state index contributed by atoms with van der Waals surface area (Å²) in [4.78, 5) is 12.6. The van der Waals surface area contributed by atoms with Gasteiger partial charge in [-0.15, -0.1) is 5.10 Å². The van der Waals surface area contributed by atoms with Gasteiger partial charge in [-0.25, -0.2) is 4.52 Å². The van der Waals surface area contributed by atoms with E-state index in [2.05, 4.69) is 27.7 Å². The van der Waals surface area contributed by atoms with Crippen molar-refractivity contribution in [3.05, 3.63) is 59.3 Å². The van der Waals surface area contributed by atoms with E-state index in [9.17, 15) is 4.79 Å². The number of halogens is 3. The number of benzene rings is 1. The maximum Gasteiger partial charge on any atom is 0.284 e. The average Bonchev–Trinajstić information content (AvgIpc) is 2.71. The first-order chi connectivity index (χ1) is 9.08. The molecule has 4 nitrogen and oxygen atoms in total. The Balaban J connectivity index is 2.41. The predicted octanol–water partition coefficient (Wildman–Crippen LogP) is 3.35. The molecule has 3 aromatic rings. The van der Waals surface area contributed by atoms with Gasteiger partial charge in [-0.1, -0.05) is 17.7 Å². The smallest absolute Gasteiger partial charge is 0.266 e. The summed E-state index contributed by atoms with van der Waals surface area (Å²) in [5, 5.41) is 4.75. The van der Waals surface area contributed by atoms with Crippen molar-refractivity contribution in [2.75, 3.05) is 0 Å². The van der Waals surface area contributed by atoms with Crippen LogP contribution in [0.3, 0.4) is 0 Å². The molecule has 2 aromatic heterocycles. The molecular formula is C12H6ClI2N3O.